The lowest BCUT2D eigenvalue weighted by Gasteiger charge is -2.35. The maximum Gasteiger partial charge on any atom is 0.251 e. The van der Waals surface area contributed by atoms with Crippen LogP contribution in [0, 0.1) is 0 Å². The summed E-state index contributed by atoms with van der Waals surface area (Å²) in [4.78, 5) is 29.3. The summed E-state index contributed by atoms with van der Waals surface area (Å²) in [6, 6.07) is 19.4. The van der Waals surface area contributed by atoms with Crippen LogP contribution in [0.2, 0.25) is 0 Å². The van der Waals surface area contributed by atoms with Gasteiger partial charge >= 0.3 is 0 Å². The normalized spacial score (nSPS) is 14.1. The van der Waals surface area contributed by atoms with Crippen LogP contribution in [0.15, 0.2) is 60.7 Å². The Balaban J connectivity index is 1.22. The number of rotatable bonds is 8. The number of ether oxygens (including phenoxy) is 2. The third kappa shape index (κ3) is 5.66. The molecule has 1 heterocycles. The molecule has 1 fully saturated rings. The van der Waals surface area contributed by atoms with E-state index in [1.54, 1.807) is 14.2 Å². The summed E-state index contributed by atoms with van der Waals surface area (Å²) < 4.78 is 10.8. The zero-order chi connectivity index (χ0) is 23.9. The van der Waals surface area contributed by atoms with Gasteiger partial charge in [-0.1, -0.05) is 30.3 Å². The summed E-state index contributed by atoms with van der Waals surface area (Å²) in [5.74, 6) is 1.55. The van der Waals surface area contributed by atoms with E-state index < -0.39 is 0 Å². The summed E-state index contributed by atoms with van der Waals surface area (Å²) in [6.45, 7) is 3.98. The second-order valence-corrected chi connectivity index (χ2v) is 8.40. The van der Waals surface area contributed by atoms with Gasteiger partial charge in [0.1, 0.15) is 11.5 Å². The van der Waals surface area contributed by atoms with Crippen molar-refractivity contribution in [2.45, 2.75) is 13.0 Å². The molecule has 2 amide bonds. The predicted molar refractivity (Wildman–Crippen MR) is 132 cm³/mol. The Hall–Kier alpha value is -3.58. The number of carbonyl (C=O) groups excluding carboxylic acids is 2. The quantitative estimate of drug-likeness (QED) is 0.557. The maximum atomic E-state index is 12.7. The molecule has 7 heteroatoms. The molecule has 0 atom stereocenters. The highest BCUT2D eigenvalue weighted by Gasteiger charge is 2.22. The van der Waals surface area contributed by atoms with Crippen molar-refractivity contribution in [2.75, 3.05) is 46.9 Å². The van der Waals surface area contributed by atoms with Crippen molar-refractivity contribution in [3.63, 3.8) is 0 Å². The molecule has 178 valence electrons. The number of carbonyl (C=O) groups is 2. The lowest BCUT2D eigenvalue weighted by Crippen LogP contribution is -2.48. The van der Waals surface area contributed by atoms with Crippen LogP contribution >= 0.6 is 0 Å². The molecule has 0 aromatic heterocycles. The van der Waals surface area contributed by atoms with Crippen LogP contribution in [0.25, 0.3) is 10.8 Å². The minimum atomic E-state index is -0.157. The molecular formula is C27H31N3O4. The molecule has 0 aliphatic carbocycles. The molecule has 0 spiro atoms. The molecule has 1 aliphatic heterocycles. The molecule has 4 rings (SSSR count). The summed E-state index contributed by atoms with van der Waals surface area (Å²) in [7, 11) is 3.32. The van der Waals surface area contributed by atoms with Gasteiger partial charge in [0.15, 0.2) is 0 Å². The smallest absolute Gasteiger partial charge is 0.251 e. The van der Waals surface area contributed by atoms with E-state index in [-0.39, 0.29) is 11.8 Å². The molecular weight excluding hydrogens is 430 g/mol. The van der Waals surface area contributed by atoms with E-state index in [1.807, 2.05) is 65.6 Å². The van der Waals surface area contributed by atoms with Gasteiger partial charge < -0.3 is 19.7 Å². The molecule has 7 nitrogen and oxygen atoms in total. The largest absolute Gasteiger partial charge is 0.497 e. The van der Waals surface area contributed by atoms with Crippen LogP contribution < -0.4 is 14.8 Å². The van der Waals surface area contributed by atoms with Crippen LogP contribution in [-0.4, -0.2) is 68.6 Å². The van der Waals surface area contributed by atoms with Crippen molar-refractivity contribution in [3.05, 3.63) is 71.8 Å². The van der Waals surface area contributed by atoms with Crippen LogP contribution in [0.1, 0.15) is 22.3 Å². The average molecular weight is 462 g/mol. The van der Waals surface area contributed by atoms with E-state index in [0.717, 1.165) is 47.5 Å². The highest BCUT2D eigenvalue weighted by molar-refractivity contribution is 5.98. The first-order valence-electron chi connectivity index (χ1n) is 11.6. The Kier molecular flexibility index (Phi) is 7.65. The van der Waals surface area contributed by atoms with Crippen LogP contribution in [0.5, 0.6) is 11.5 Å². The third-order valence-corrected chi connectivity index (χ3v) is 6.24. The number of piperazine rings is 1. The van der Waals surface area contributed by atoms with E-state index in [2.05, 4.69) is 10.2 Å². The lowest BCUT2D eigenvalue weighted by atomic mass is 10.1. The standard InChI is InChI=1S/C27H31N3O4/c1-33-24-9-10-25(34-2)23(18-24)19-29-13-15-30(16-14-29)26(31)11-12-28-27(32)22-8-7-20-5-3-4-6-21(20)17-22/h3-10,17-18H,11-16,19H2,1-2H3,(H,28,32). The zero-order valence-electron chi connectivity index (χ0n) is 19.8. The fourth-order valence-corrected chi connectivity index (χ4v) is 4.28. The molecule has 0 unspecified atom stereocenters. The summed E-state index contributed by atoms with van der Waals surface area (Å²) in [5.41, 5.74) is 1.67. The number of hydrogen-bond acceptors (Lipinski definition) is 5. The number of nitrogens with zero attached hydrogens (tertiary/aromatic N) is 2. The van der Waals surface area contributed by atoms with E-state index in [4.69, 9.17) is 9.47 Å². The molecule has 34 heavy (non-hydrogen) atoms. The fourth-order valence-electron chi connectivity index (χ4n) is 4.28. The molecule has 0 bridgehead atoms. The number of fused-ring (bicyclic) bond motifs is 1. The van der Waals surface area contributed by atoms with Gasteiger partial charge in [0.05, 0.1) is 14.2 Å². The van der Waals surface area contributed by atoms with Gasteiger partial charge in [0.2, 0.25) is 5.91 Å². The first kappa shape index (κ1) is 23.6. The van der Waals surface area contributed by atoms with Gasteiger partial charge in [-0.3, -0.25) is 14.5 Å². The van der Waals surface area contributed by atoms with Crippen LogP contribution in [-0.2, 0) is 11.3 Å². The van der Waals surface area contributed by atoms with Crippen molar-refractivity contribution in [3.8, 4) is 11.5 Å². The molecule has 3 aromatic carbocycles. The molecule has 0 saturated carbocycles. The Morgan fingerprint density at radius 1 is 0.882 bits per heavy atom. The lowest BCUT2D eigenvalue weighted by molar-refractivity contribution is -0.132. The van der Waals surface area contributed by atoms with Crippen LogP contribution in [0.3, 0.4) is 0 Å². The average Bonchev–Trinajstić information content (AvgIpc) is 2.88. The number of methoxy groups -OCH3 is 2. The Morgan fingerprint density at radius 2 is 1.65 bits per heavy atom. The Labute approximate surface area is 200 Å². The van der Waals surface area contributed by atoms with Crippen molar-refractivity contribution >= 4 is 22.6 Å². The topological polar surface area (TPSA) is 71.1 Å². The monoisotopic (exact) mass is 461 g/mol. The van der Waals surface area contributed by atoms with Gasteiger partial charge in [-0.25, -0.2) is 0 Å². The molecule has 3 aromatic rings. The number of amides is 2. The molecule has 1 N–H and O–H groups in total. The third-order valence-electron chi connectivity index (χ3n) is 6.24. The number of hydrogen-bond donors (Lipinski definition) is 1. The SMILES string of the molecule is COc1ccc(OC)c(CN2CCN(C(=O)CCNC(=O)c3ccc4ccccc4c3)CC2)c1. The number of nitrogens with one attached hydrogen (secondary N) is 1. The molecule has 0 radical (unpaired) electrons. The van der Waals surface area contributed by atoms with Gasteiger partial charge in [0.25, 0.3) is 5.91 Å². The fraction of sp³-hybridized carbons (Fsp3) is 0.333. The highest BCUT2D eigenvalue weighted by atomic mass is 16.5. The summed E-state index contributed by atoms with van der Waals surface area (Å²) >= 11 is 0. The second-order valence-electron chi connectivity index (χ2n) is 8.40. The minimum absolute atomic E-state index is 0.0671. The molecule has 1 saturated heterocycles. The van der Waals surface area contributed by atoms with Crippen molar-refractivity contribution in [1.29, 1.82) is 0 Å². The van der Waals surface area contributed by atoms with Crippen molar-refractivity contribution in [1.82, 2.24) is 15.1 Å². The van der Waals surface area contributed by atoms with E-state index in [1.165, 1.54) is 0 Å². The molecule has 1 aliphatic rings. The zero-order valence-corrected chi connectivity index (χ0v) is 19.8. The Bertz CT molecular complexity index is 1160. The van der Waals surface area contributed by atoms with E-state index in [9.17, 15) is 9.59 Å². The van der Waals surface area contributed by atoms with Gasteiger partial charge in [-0.2, -0.15) is 0 Å². The predicted octanol–water partition coefficient (Wildman–Crippen LogP) is 3.32. The maximum absolute atomic E-state index is 12.7. The summed E-state index contributed by atoms with van der Waals surface area (Å²) in [5, 5.41) is 5.00. The van der Waals surface area contributed by atoms with Gasteiger partial charge in [-0.15, -0.1) is 0 Å². The van der Waals surface area contributed by atoms with Gasteiger partial charge in [-0.05, 0) is 41.1 Å². The van der Waals surface area contributed by atoms with Gasteiger partial charge in [0, 0.05) is 56.8 Å². The van der Waals surface area contributed by atoms with E-state index in [0.29, 0.717) is 31.6 Å². The second kappa shape index (κ2) is 11.0. The number of benzene rings is 3. The van der Waals surface area contributed by atoms with Crippen molar-refractivity contribution in [2.24, 2.45) is 0 Å². The van der Waals surface area contributed by atoms with Crippen molar-refractivity contribution < 1.29 is 19.1 Å². The Morgan fingerprint density at radius 3 is 2.38 bits per heavy atom. The first-order chi connectivity index (χ1) is 16.6. The van der Waals surface area contributed by atoms with Crippen LogP contribution in [0.4, 0.5) is 0 Å². The highest BCUT2D eigenvalue weighted by Crippen LogP contribution is 2.25. The minimum Gasteiger partial charge on any atom is -0.497 e. The summed E-state index contributed by atoms with van der Waals surface area (Å²) in [6.07, 6.45) is 0.295. The van der Waals surface area contributed by atoms with E-state index >= 15 is 0 Å². The first-order valence-corrected chi connectivity index (χ1v) is 11.6.